The van der Waals surface area contributed by atoms with Crippen molar-refractivity contribution in [3.63, 3.8) is 0 Å². The van der Waals surface area contributed by atoms with E-state index >= 15 is 0 Å². The first kappa shape index (κ1) is 9.92. The minimum Gasteiger partial charge on any atom is -0.507 e. The summed E-state index contributed by atoms with van der Waals surface area (Å²) in [6.45, 7) is 0. The summed E-state index contributed by atoms with van der Waals surface area (Å²) in [5.41, 5.74) is 6.73. The first-order valence-electron chi connectivity index (χ1n) is 4.25. The fraction of sp³-hybridized carbons (Fsp3) is 0. The van der Waals surface area contributed by atoms with Gasteiger partial charge in [0.15, 0.2) is 5.82 Å². The molecule has 1 aromatic heterocycles. The lowest BCUT2D eigenvalue weighted by Gasteiger charge is -2.03. The van der Waals surface area contributed by atoms with Gasteiger partial charge in [-0.15, -0.1) is 10.2 Å². The smallest absolute Gasteiger partial charge is 0.160 e. The van der Waals surface area contributed by atoms with E-state index in [1.807, 2.05) is 6.07 Å². The molecule has 5 heteroatoms. The third-order valence-corrected chi connectivity index (χ3v) is 2.59. The Bertz CT molecular complexity index is 502. The summed E-state index contributed by atoms with van der Waals surface area (Å²) in [4.78, 5) is 0. The van der Waals surface area contributed by atoms with Crippen LogP contribution in [-0.2, 0) is 0 Å². The van der Waals surface area contributed by atoms with Crippen LogP contribution < -0.4 is 5.73 Å². The van der Waals surface area contributed by atoms with Crippen LogP contribution in [0.2, 0.25) is 0 Å². The summed E-state index contributed by atoms with van der Waals surface area (Å²) in [5.74, 6) is 0.498. The zero-order chi connectivity index (χ0) is 10.8. The van der Waals surface area contributed by atoms with E-state index in [0.29, 0.717) is 21.5 Å². The van der Waals surface area contributed by atoms with Crippen LogP contribution in [0.25, 0.3) is 11.3 Å². The number of anilines is 1. The molecule has 0 radical (unpaired) electrons. The highest BCUT2D eigenvalue weighted by Crippen LogP contribution is 2.29. The molecule has 0 spiro atoms. The van der Waals surface area contributed by atoms with Gasteiger partial charge >= 0.3 is 0 Å². The van der Waals surface area contributed by atoms with Crippen LogP contribution in [0.4, 0.5) is 5.82 Å². The van der Waals surface area contributed by atoms with Crippen LogP contribution in [0, 0.1) is 0 Å². The summed E-state index contributed by atoms with van der Waals surface area (Å²) in [6.07, 6.45) is 0. The van der Waals surface area contributed by atoms with E-state index in [2.05, 4.69) is 26.1 Å². The van der Waals surface area contributed by atoms with E-state index in [1.54, 1.807) is 24.3 Å². The number of aromatic hydroxyl groups is 1. The number of rotatable bonds is 1. The van der Waals surface area contributed by atoms with Gasteiger partial charge in [0.1, 0.15) is 5.75 Å². The number of benzene rings is 1. The van der Waals surface area contributed by atoms with Crippen molar-refractivity contribution in [2.75, 3.05) is 5.73 Å². The highest BCUT2D eigenvalue weighted by Gasteiger charge is 2.07. The molecule has 0 aliphatic heterocycles. The predicted octanol–water partition coefficient (Wildman–Crippen LogP) is 2.19. The molecule has 3 N–H and O–H groups in total. The van der Waals surface area contributed by atoms with Gasteiger partial charge in [0.05, 0.1) is 10.2 Å². The summed E-state index contributed by atoms with van der Waals surface area (Å²) in [6, 6.07) is 8.65. The van der Waals surface area contributed by atoms with Gasteiger partial charge in [-0.25, -0.2) is 0 Å². The van der Waals surface area contributed by atoms with Gasteiger partial charge in [-0.2, -0.15) is 0 Å². The molecule has 0 fully saturated rings. The molecule has 0 aliphatic carbocycles. The number of nitrogens with zero attached hydrogens (tertiary/aromatic N) is 2. The quantitative estimate of drug-likeness (QED) is 0.829. The second-order valence-corrected chi connectivity index (χ2v) is 3.83. The average molecular weight is 266 g/mol. The zero-order valence-electron chi connectivity index (χ0n) is 7.68. The Morgan fingerprint density at radius 3 is 2.60 bits per heavy atom. The molecule has 2 aromatic rings. The lowest BCUT2D eigenvalue weighted by Crippen LogP contribution is -1.96. The summed E-state index contributed by atoms with van der Waals surface area (Å²) < 4.78 is 0.663. The number of hydrogen-bond acceptors (Lipinski definition) is 4. The van der Waals surface area contributed by atoms with E-state index in [4.69, 9.17) is 5.73 Å². The largest absolute Gasteiger partial charge is 0.507 e. The maximum Gasteiger partial charge on any atom is 0.160 e. The molecular formula is C10H8BrN3O. The number of para-hydroxylation sites is 1. The van der Waals surface area contributed by atoms with Crippen LogP contribution in [0.3, 0.4) is 0 Å². The predicted molar refractivity (Wildman–Crippen MR) is 61.2 cm³/mol. The first-order valence-corrected chi connectivity index (χ1v) is 5.05. The maximum atomic E-state index is 9.61. The molecule has 0 atom stereocenters. The van der Waals surface area contributed by atoms with Gasteiger partial charge in [-0.1, -0.05) is 12.1 Å². The summed E-state index contributed by atoms with van der Waals surface area (Å²) >= 11 is 3.26. The first-order chi connectivity index (χ1) is 7.18. The number of hydrogen-bond donors (Lipinski definition) is 2. The second kappa shape index (κ2) is 3.86. The molecule has 15 heavy (non-hydrogen) atoms. The number of halogens is 1. The SMILES string of the molecule is Nc1nnc(-c2ccccc2O)cc1Br. The highest BCUT2D eigenvalue weighted by atomic mass is 79.9. The lowest BCUT2D eigenvalue weighted by molar-refractivity contribution is 0.477. The molecule has 0 bridgehead atoms. The molecule has 2 rings (SSSR count). The van der Waals surface area contributed by atoms with Crippen molar-refractivity contribution in [3.05, 3.63) is 34.8 Å². The standard InChI is InChI=1S/C10H8BrN3O/c11-7-5-8(13-14-10(7)12)6-3-1-2-4-9(6)15/h1-5,15H,(H2,12,14). The summed E-state index contributed by atoms with van der Waals surface area (Å²) in [7, 11) is 0. The van der Waals surface area contributed by atoms with Crippen molar-refractivity contribution >= 4 is 21.7 Å². The van der Waals surface area contributed by atoms with Gasteiger partial charge in [0.2, 0.25) is 0 Å². The van der Waals surface area contributed by atoms with Gasteiger partial charge < -0.3 is 10.8 Å². The molecule has 0 saturated carbocycles. The molecule has 0 unspecified atom stereocenters. The Kier molecular flexibility index (Phi) is 2.55. The zero-order valence-corrected chi connectivity index (χ0v) is 9.27. The third kappa shape index (κ3) is 1.92. The molecular weight excluding hydrogens is 258 g/mol. The van der Waals surface area contributed by atoms with Crippen molar-refractivity contribution < 1.29 is 5.11 Å². The molecule has 0 saturated heterocycles. The average Bonchev–Trinajstić information content (AvgIpc) is 2.23. The van der Waals surface area contributed by atoms with E-state index in [9.17, 15) is 5.11 Å². The van der Waals surface area contributed by atoms with Crippen molar-refractivity contribution in [2.45, 2.75) is 0 Å². The van der Waals surface area contributed by atoms with Crippen LogP contribution in [-0.4, -0.2) is 15.3 Å². The molecule has 0 amide bonds. The Balaban J connectivity index is 2.55. The normalized spacial score (nSPS) is 10.2. The Labute approximate surface area is 94.9 Å². The van der Waals surface area contributed by atoms with Crippen molar-refractivity contribution in [3.8, 4) is 17.0 Å². The van der Waals surface area contributed by atoms with E-state index in [1.165, 1.54) is 0 Å². The van der Waals surface area contributed by atoms with Gasteiger partial charge in [-0.3, -0.25) is 0 Å². The van der Waals surface area contributed by atoms with Crippen LogP contribution >= 0.6 is 15.9 Å². The van der Waals surface area contributed by atoms with Crippen molar-refractivity contribution in [1.82, 2.24) is 10.2 Å². The fourth-order valence-corrected chi connectivity index (χ4v) is 1.50. The van der Waals surface area contributed by atoms with Gasteiger partial charge in [0, 0.05) is 5.56 Å². The van der Waals surface area contributed by atoms with E-state index < -0.39 is 0 Å². The van der Waals surface area contributed by atoms with Gasteiger partial charge in [0.25, 0.3) is 0 Å². The monoisotopic (exact) mass is 265 g/mol. The molecule has 4 nitrogen and oxygen atoms in total. The number of phenolic OH excluding ortho intramolecular Hbond substituents is 1. The lowest BCUT2D eigenvalue weighted by atomic mass is 10.1. The van der Waals surface area contributed by atoms with Crippen molar-refractivity contribution in [1.29, 1.82) is 0 Å². The maximum absolute atomic E-state index is 9.61. The number of phenols is 1. The van der Waals surface area contributed by atoms with Crippen LogP contribution in [0.1, 0.15) is 0 Å². The Hall–Kier alpha value is -1.62. The molecule has 76 valence electrons. The van der Waals surface area contributed by atoms with Crippen molar-refractivity contribution in [2.24, 2.45) is 0 Å². The van der Waals surface area contributed by atoms with E-state index in [0.717, 1.165) is 0 Å². The molecule has 1 aromatic carbocycles. The molecule has 0 aliphatic rings. The molecule has 1 heterocycles. The second-order valence-electron chi connectivity index (χ2n) is 2.98. The highest BCUT2D eigenvalue weighted by molar-refractivity contribution is 9.10. The summed E-state index contributed by atoms with van der Waals surface area (Å²) in [5, 5.41) is 17.3. The number of aromatic nitrogens is 2. The topological polar surface area (TPSA) is 72.0 Å². The van der Waals surface area contributed by atoms with Crippen LogP contribution in [0.15, 0.2) is 34.8 Å². The minimum absolute atomic E-state index is 0.170. The van der Waals surface area contributed by atoms with Gasteiger partial charge in [-0.05, 0) is 34.1 Å². The fourth-order valence-electron chi connectivity index (χ4n) is 1.20. The van der Waals surface area contributed by atoms with Crippen LogP contribution in [0.5, 0.6) is 5.75 Å². The minimum atomic E-state index is 0.170. The number of nitrogens with two attached hydrogens (primary N) is 1. The Morgan fingerprint density at radius 1 is 1.20 bits per heavy atom. The Morgan fingerprint density at radius 2 is 1.93 bits per heavy atom. The van der Waals surface area contributed by atoms with E-state index in [-0.39, 0.29) is 5.75 Å². The third-order valence-electron chi connectivity index (χ3n) is 1.95. The number of nitrogen functional groups attached to an aromatic ring is 1.